The lowest BCUT2D eigenvalue weighted by molar-refractivity contribution is -0.953. The highest BCUT2D eigenvalue weighted by Gasteiger charge is 2.44. The van der Waals surface area contributed by atoms with Crippen LogP contribution >= 0.6 is 0 Å². The summed E-state index contributed by atoms with van der Waals surface area (Å²) in [5, 5.41) is 0. The molecule has 0 fully saturated rings. The molecule has 17 heteroatoms. The second kappa shape index (κ2) is 22.5. The summed E-state index contributed by atoms with van der Waals surface area (Å²) in [6.45, 7) is 9.48. The Bertz CT molecular complexity index is 2040. The number of carbonyl (C=O) groups excluding carboxylic acids is 1. The molecule has 1 heterocycles. The van der Waals surface area contributed by atoms with Crippen LogP contribution in [0.5, 0.6) is 34.5 Å². The van der Waals surface area contributed by atoms with Crippen molar-refractivity contribution < 1.29 is 85.8 Å². The maximum absolute atomic E-state index is 15.1. The van der Waals surface area contributed by atoms with Crippen molar-refractivity contribution in [1.82, 2.24) is 0 Å². The number of benzene rings is 4. The summed E-state index contributed by atoms with van der Waals surface area (Å²) >= 11 is 0. The molecular formula is C45H55BrF6N2O8. The van der Waals surface area contributed by atoms with E-state index in [2.05, 4.69) is 18.6 Å². The van der Waals surface area contributed by atoms with Crippen LogP contribution in [0.15, 0.2) is 24.3 Å². The van der Waals surface area contributed by atoms with Crippen LogP contribution in [0.1, 0.15) is 64.5 Å². The SMILES string of the molecule is CCCC[N+]1(CCCC)Cc2c(-c3cc(F)c(F)c(F)c3)c(OC)c(OC)c(OC)c2-c2c(c(-c3cc(F)c(F)c(F)c3)c(OC)c(OC)c2OC)C1.CCOC(=O)[C@@H](C)N.[Br-]. The number of esters is 1. The number of fused-ring (bicyclic) bond motifs is 3. The fraction of sp³-hybridized carbons (Fsp3) is 0.444. The smallest absolute Gasteiger partial charge is 0.322 e. The number of ether oxygens (including phenoxy) is 7. The second-order valence-corrected chi connectivity index (χ2v) is 14.5. The minimum Gasteiger partial charge on any atom is -1.00 e. The van der Waals surface area contributed by atoms with E-state index < -0.39 is 40.9 Å². The molecule has 342 valence electrons. The average molecular weight is 946 g/mol. The number of rotatable bonds is 16. The van der Waals surface area contributed by atoms with Gasteiger partial charge in [-0.05, 0) is 62.1 Å². The summed E-state index contributed by atoms with van der Waals surface area (Å²) in [6.07, 6.45) is 3.15. The van der Waals surface area contributed by atoms with Crippen LogP contribution in [-0.2, 0) is 22.6 Å². The van der Waals surface area contributed by atoms with Crippen molar-refractivity contribution in [2.75, 3.05) is 62.4 Å². The van der Waals surface area contributed by atoms with Gasteiger partial charge in [-0.1, -0.05) is 26.7 Å². The first kappa shape index (κ1) is 51.5. The highest BCUT2D eigenvalue weighted by molar-refractivity contribution is 5.98. The molecule has 62 heavy (non-hydrogen) atoms. The molecule has 1 aliphatic rings. The minimum atomic E-state index is -1.64. The molecule has 0 saturated carbocycles. The lowest BCUT2D eigenvalue weighted by atomic mass is 9.85. The van der Waals surface area contributed by atoms with Crippen LogP contribution < -0.4 is 51.1 Å². The Morgan fingerprint density at radius 1 is 0.581 bits per heavy atom. The summed E-state index contributed by atoms with van der Waals surface area (Å²) in [6, 6.07) is 3.07. The van der Waals surface area contributed by atoms with Gasteiger partial charge in [-0.2, -0.15) is 0 Å². The molecule has 1 aliphatic heterocycles. The third-order valence-electron chi connectivity index (χ3n) is 10.6. The van der Waals surface area contributed by atoms with Crippen LogP contribution in [0.3, 0.4) is 0 Å². The Morgan fingerprint density at radius 2 is 0.887 bits per heavy atom. The molecule has 0 radical (unpaired) electrons. The summed E-state index contributed by atoms with van der Waals surface area (Å²) in [5.41, 5.74) is 7.15. The first-order chi connectivity index (χ1) is 29.1. The Labute approximate surface area is 369 Å². The number of methoxy groups -OCH3 is 6. The zero-order valence-electron chi connectivity index (χ0n) is 36.7. The number of nitrogens with zero attached hydrogens (tertiary/aromatic N) is 1. The van der Waals surface area contributed by atoms with Crippen molar-refractivity contribution in [2.24, 2.45) is 5.73 Å². The number of hydrogen-bond acceptors (Lipinski definition) is 9. The van der Waals surface area contributed by atoms with Crippen molar-refractivity contribution in [3.8, 4) is 67.9 Å². The number of carbonyl (C=O) groups is 1. The fourth-order valence-corrected chi connectivity index (χ4v) is 7.88. The lowest BCUT2D eigenvalue weighted by Gasteiger charge is -2.39. The molecule has 0 spiro atoms. The first-order valence-electron chi connectivity index (χ1n) is 19.9. The first-order valence-corrected chi connectivity index (χ1v) is 19.9. The normalized spacial score (nSPS) is 12.9. The molecule has 10 nitrogen and oxygen atoms in total. The Kier molecular flexibility index (Phi) is 18.7. The average Bonchev–Trinajstić information content (AvgIpc) is 3.38. The van der Waals surface area contributed by atoms with Crippen molar-refractivity contribution in [3.63, 3.8) is 0 Å². The van der Waals surface area contributed by atoms with Gasteiger partial charge in [0.2, 0.25) is 11.5 Å². The summed E-state index contributed by atoms with van der Waals surface area (Å²) in [4.78, 5) is 10.4. The van der Waals surface area contributed by atoms with Crippen molar-refractivity contribution in [3.05, 3.63) is 70.3 Å². The van der Waals surface area contributed by atoms with E-state index in [1.807, 2.05) is 0 Å². The van der Waals surface area contributed by atoms with E-state index in [1.165, 1.54) is 42.7 Å². The quantitative estimate of drug-likeness (QED) is 0.0556. The Balaban J connectivity index is 0.00000103. The third-order valence-corrected chi connectivity index (χ3v) is 10.6. The molecule has 4 aromatic rings. The van der Waals surface area contributed by atoms with E-state index in [0.717, 1.165) is 49.9 Å². The Hall–Kier alpha value is -4.87. The van der Waals surface area contributed by atoms with Crippen LogP contribution in [-0.4, -0.2) is 78.8 Å². The van der Waals surface area contributed by atoms with Gasteiger partial charge < -0.3 is 60.4 Å². The van der Waals surface area contributed by atoms with Gasteiger partial charge in [0.25, 0.3) is 0 Å². The largest absolute Gasteiger partial charge is 1.00 e. The van der Waals surface area contributed by atoms with Gasteiger partial charge in [-0.3, -0.25) is 4.79 Å². The van der Waals surface area contributed by atoms with E-state index in [9.17, 15) is 13.6 Å². The monoisotopic (exact) mass is 944 g/mol. The fourth-order valence-electron chi connectivity index (χ4n) is 7.88. The molecule has 0 bridgehead atoms. The number of hydrogen-bond donors (Lipinski definition) is 1. The van der Waals surface area contributed by atoms with Gasteiger partial charge in [0.05, 0.1) is 62.4 Å². The molecule has 5 rings (SSSR count). The van der Waals surface area contributed by atoms with Gasteiger partial charge in [0.15, 0.2) is 57.9 Å². The lowest BCUT2D eigenvalue weighted by Crippen LogP contribution is -3.00. The van der Waals surface area contributed by atoms with Gasteiger partial charge in [0, 0.05) is 33.4 Å². The number of unbranched alkanes of at least 4 members (excludes halogenated alkanes) is 2. The van der Waals surface area contributed by atoms with E-state index in [1.54, 1.807) is 13.8 Å². The highest BCUT2D eigenvalue weighted by Crippen LogP contribution is 2.62. The number of halogens is 7. The van der Waals surface area contributed by atoms with Gasteiger partial charge in [-0.25, -0.2) is 26.3 Å². The second-order valence-electron chi connectivity index (χ2n) is 14.5. The minimum absolute atomic E-state index is 0. The predicted octanol–water partition coefficient (Wildman–Crippen LogP) is 6.91. The molecule has 0 saturated heterocycles. The number of quaternary nitrogens is 1. The molecule has 0 amide bonds. The molecule has 4 aromatic carbocycles. The molecule has 0 unspecified atom stereocenters. The zero-order valence-corrected chi connectivity index (χ0v) is 38.3. The molecule has 1 atom stereocenters. The Morgan fingerprint density at radius 3 is 1.13 bits per heavy atom. The van der Waals surface area contributed by atoms with E-state index in [0.29, 0.717) is 46.4 Å². The molecule has 0 aliphatic carbocycles. The molecule has 0 aromatic heterocycles. The van der Waals surface area contributed by atoms with Crippen molar-refractivity contribution >= 4 is 5.97 Å². The summed E-state index contributed by atoms with van der Waals surface area (Å²) in [5.74, 6) is -8.75. The van der Waals surface area contributed by atoms with Gasteiger partial charge in [-0.15, -0.1) is 0 Å². The van der Waals surface area contributed by atoms with E-state index in [4.69, 9.17) is 34.2 Å². The van der Waals surface area contributed by atoms with Crippen LogP contribution in [0.4, 0.5) is 26.3 Å². The standard InChI is InChI=1S/C40H44F6NO6.C5H11NO2.BrH/c1-9-11-13-47(14-12-10-2)19-23-29(21-15-25(41)33(45)26(42)16-21)35(48-3)39(52-7)37(50-5)31(23)32-24(20-47)30(22-17-27(43)34(46)28(44)18-22)36(49-4)40(53-8)38(32)51-6;1-3-8-5(7)4(2)6;/h15-18H,9-14,19-20H2,1-8H3;4H,3,6H2,1-2H3;1H/q+1;;/p-1/t;4-;/m.1./s1. The summed E-state index contributed by atoms with van der Waals surface area (Å²) in [7, 11) is 8.29. The van der Waals surface area contributed by atoms with Gasteiger partial charge >= 0.3 is 5.97 Å². The highest BCUT2D eigenvalue weighted by atomic mass is 79.9. The van der Waals surface area contributed by atoms with Gasteiger partial charge in [0.1, 0.15) is 19.1 Å². The van der Waals surface area contributed by atoms with E-state index in [-0.39, 0.29) is 92.8 Å². The van der Waals surface area contributed by atoms with Crippen LogP contribution in [0.2, 0.25) is 0 Å². The maximum Gasteiger partial charge on any atom is 0.322 e. The third kappa shape index (κ3) is 10.2. The van der Waals surface area contributed by atoms with Crippen molar-refractivity contribution in [1.29, 1.82) is 0 Å². The summed E-state index contributed by atoms with van der Waals surface area (Å²) < 4.78 is 130. The number of nitrogens with two attached hydrogens (primary N) is 1. The zero-order chi connectivity index (χ0) is 45.3. The molecular weight excluding hydrogens is 890 g/mol. The van der Waals surface area contributed by atoms with Crippen LogP contribution in [0.25, 0.3) is 33.4 Å². The maximum atomic E-state index is 15.1. The molecule has 2 N–H and O–H groups in total. The van der Waals surface area contributed by atoms with Crippen LogP contribution in [0, 0.1) is 34.9 Å². The predicted molar refractivity (Wildman–Crippen MR) is 219 cm³/mol. The van der Waals surface area contributed by atoms with Crippen molar-refractivity contribution in [2.45, 2.75) is 72.5 Å². The topological polar surface area (TPSA) is 108 Å². The van der Waals surface area contributed by atoms with E-state index >= 15 is 17.6 Å².